The first-order valence-electron chi connectivity index (χ1n) is 7.85. The van der Waals surface area contributed by atoms with Crippen LogP contribution in [0.15, 0.2) is 30.3 Å². The first kappa shape index (κ1) is 14.5. The van der Waals surface area contributed by atoms with Gasteiger partial charge in [0.05, 0.1) is 0 Å². The van der Waals surface area contributed by atoms with E-state index in [9.17, 15) is 0 Å². The molecule has 1 aromatic rings. The van der Waals surface area contributed by atoms with Gasteiger partial charge in [-0.1, -0.05) is 43.7 Å². The lowest BCUT2D eigenvalue weighted by Crippen LogP contribution is -2.45. The fraction of sp³-hybridized carbons (Fsp3) is 0.647. The van der Waals surface area contributed by atoms with Gasteiger partial charge in [-0.2, -0.15) is 0 Å². The minimum Gasteiger partial charge on any atom is -0.309 e. The summed E-state index contributed by atoms with van der Waals surface area (Å²) in [6.07, 6.45) is 5.32. The quantitative estimate of drug-likeness (QED) is 0.840. The van der Waals surface area contributed by atoms with Gasteiger partial charge in [0, 0.05) is 12.1 Å². The van der Waals surface area contributed by atoms with Crippen LogP contribution < -0.4 is 5.32 Å². The Bertz CT molecular complexity index is 344. The molecular weight excluding hydrogens is 232 g/mol. The molecule has 0 radical (unpaired) electrons. The van der Waals surface area contributed by atoms with Crippen molar-refractivity contribution in [1.82, 2.24) is 10.2 Å². The van der Waals surface area contributed by atoms with E-state index in [4.69, 9.17) is 0 Å². The molecule has 2 rings (SSSR count). The fourth-order valence-electron chi connectivity index (χ4n) is 3.06. The summed E-state index contributed by atoms with van der Waals surface area (Å²) in [6, 6.07) is 12.0. The van der Waals surface area contributed by atoms with E-state index < -0.39 is 0 Å². The van der Waals surface area contributed by atoms with Crippen molar-refractivity contribution >= 4 is 0 Å². The molecule has 0 spiro atoms. The van der Waals surface area contributed by atoms with Gasteiger partial charge in [0.2, 0.25) is 0 Å². The Kier molecular flexibility index (Phi) is 5.87. The Labute approximate surface area is 118 Å². The lowest BCUT2D eigenvalue weighted by molar-refractivity contribution is 0.141. The second-order valence-corrected chi connectivity index (χ2v) is 5.68. The van der Waals surface area contributed by atoms with Crippen LogP contribution >= 0.6 is 0 Å². The third-order valence-electron chi connectivity index (χ3n) is 4.22. The summed E-state index contributed by atoms with van der Waals surface area (Å²) >= 11 is 0. The van der Waals surface area contributed by atoms with Crippen LogP contribution in [0.4, 0.5) is 0 Å². The summed E-state index contributed by atoms with van der Waals surface area (Å²) in [6.45, 7) is 8.24. The van der Waals surface area contributed by atoms with Gasteiger partial charge in [-0.15, -0.1) is 0 Å². The van der Waals surface area contributed by atoms with Gasteiger partial charge in [0.15, 0.2) is 0 Å². The highest BCUT2D eigenvalue weighted by atomic mass is 15.2. The maximum absolute atomic E-state index is 3.74. The van der Waals surface area contributed by atoms with Crippen molar-refractivity contribution in [2.75, 3.05) is 19.6 Å². The molecule has 1 saturated heterocycles. The van der Waals surface area contributed by atoms with Crippen LogP contribution in [0.3, 0.4) is 0 Å². The van der Waals surface area contributed by atoms with E-state index >= 15 is 0 Å². The number of hydrogen-bond donors (Lipinski definition) is 1. The average molecular weight is 260 g/mol. The lowest BCUT2D eigenvalue weighted by Gasteiger charge is -2.37. The fourth-order valence-corrected chi connectivity index (χ4v) is 3.06. The van der Waals surface area contributed by atoms with Gasteiger partial charge in [0.25, 0.3) is 0 Å². The van der Waals surface area contributed by atoms with E-state index in [0.29, 0.717) is 12.1 Å². The molecule has 1 heterocycles. The molecule has 2 atom stereocenters. The molecule has 1 N–H and O–H groups in total. The Morgan fingerprint density at radius 2 is 1.79 bits per heavy atom. The smallest absolute Gasteiger partial charge is 0.0475 e. The Morgan fingerprint density at radius 3 is 2.42 bits per heavy atom. The second-order valence-electron chi connectivity index (χ2n) is 5.68. The third kappa shape index (κ3) is 4.05. The van der Waals surface area contributed by atoms with Crippen LogP contribution in [-0.2, 0) is 0 Å². The first-order chi connectivity index (χ1) is 9.33. The average Bonchev–Trinajstić information content (AvgIpc) is 2.49. The van der Waals surface area contributed by atoms with Crippen molar-refractivity contribution in [2.24, 2.45) is 0 Å². The van der Waals surface area contributed by atoms with E-state index in [1.54, 1.807) is 0 Å². The minimum atomic E-state index is 0.458. The predicted octanol–water partition coefficient (Wildman–Crippen LogP) is 3.60. The molecule has 1 aromatic carbocycles. The predicted molar refractivity (Wildman–Crippen MR) is 82.4 cm³/mol. The molecule has 2 heteroatoms. The molecule has 2 unspecified atom stereocenters. The second kappa shape index (κ2) is 7.66. The van der Waals surface area contributed by atoms with E-state index in [1.165, 1.54) is 44.3 Å². The molecule has 0 aromatic heterocycles. The van der Waals surface area contributed by atoms with Crippen molar-refractivity contribution in [3.8, 4) is 0 Å². The third-order valence-corrected chi connectivity index (χ3v) is 4.22. The molecule has 0 saturated carbocycles. The standard InChI is InChI=1S/C17H28N2/c1-3-12-18-17(16-10-6-4-7-11-16)15(2)19-13-8-5-9-14-19/h4,6-7,10-11,15,17-18H,3,5,8-9,12-14H2,1-2H3. The van der Waals surface area contributed by atoms with Crippen molar-refractivity contribution in [2.45, 2.75) is 51.6 Å². The topological polar surface area (TPSA) is 15.3 Å². The van der Waals surface area contributed by atoms with Gasteiger partial charge in [0.1, 0.15) is 0 Å². The molecule has 106 valence electrons. The van der Waals surface area contributed by atoms with Crippen LogP contribution in [0.25, 0.3) is 0 Å². The highest BCUT2D eigenvalue weighted by Gasteiger charge is 2.25. The van der Waals surface area contributed by atoms with Crippen LogP contribution in [0.2, 0.25) is 0 Å². The molecule has 1 aliphatic heterocycles. The van der Waals surface area contributed by atoms with Crippen molar-refractivity contribution in [1.29, 1.82) is 0 Å². The van der Waals surface area contributed by atoms with Crippen molar-refractivity contribution in [3.05, 3.63) is 35.9 Å². The summed E-state index contributed by atoms with van der Waals surface area (Å²) in [5.41, 5.74) is 1.43. The Balaban J connectivity index is 2.07. The van der Waals surface area contributed by atoms with Gasteiger partial charge in [-0.25, -0.2) is 0 Å². The number of rotatable bonds is 6. The zero-order chi connectivity index (χ0) is 13.5. The summed E-state index contributed by atoms with van der Waals surface area (Å²) in [7, 11) is 0. The molecule has 0 bridgehead atoms. The Hall–Kier alpha value is -0.860. The summed E-state index contributed by atoms with van der Waals surface area (Å²) < 4.78 is 0. The largest absolute Gasteiger partial charge is 0.309 e. The number of likely N-dealkylation sites (tertiary alicyclic amines) is 1. The summed E-state index contributed by atoms with van der Waals surface area (Å²) in [5, 5.41) is 3.74. The van der Waals surface area contributed by atoms with Gasteiger partial charge in [-0.05, 0) is 51.4 Å². The number of benzene rings is 1. The van der Waals surface area contributed by atoms with E-state index in [0.717, 1.165) is 6.54 Å². The SMILES string of the molecule is CCCNC(c1ccccc1)C(C)N1CCCCC1. The maximum atomic E-state index is 3.74. The molecule has 19 heavy (non-hydrogen) atoms. The van der Waals surface area contributed by atoms with E-state index in [-0.39, 0.29) is 0 Å². The molecule has 2 nitrogen and oxygen atoms in total. The normalized spacial score (nSPS) is 20.1. The molecule has 0 aliphatic carbocycles. The minimum absolute atomic E-state index is 0.458. The van der Waals surface area contributed by atoms with Crippen LogP contribution in [0, 0.1) is 0 Å². The van der Waals surface area contributed by atoms with Gasteiger partial charge in [-0.3, -0.25) is 4.90 Å². The number of piperidine rings is 1. The summed E-state index contributed by atoms with van der Waals surface area (Å²) in [4.78, 5) is 2.66. The lowest BCUT2D eigenvalue weighted by atomic mass is 9.97. The zero-order valence-electron chi connectivity index (χ0n) is 12.4. The summed E-state index contributed by atoms with van der Waals surface area (Å²) in [5.74, 6) is 0. The van der Waals surface area contributed by atoms with Crippen LogP contribution in [0.1, 0.15) is 51.1 Å². The monoisotopic (exact) mass is 260 g/mol. The van der Waals surface area contributed by atoms with Crippen LogP contribution in [0.5, 0.6) is 0 Å². The molecular formula is C17H28N2. The molecule has 0 amide bonds. The van der Waals surface area contributed by atoms with Crippen molar-refractivity contribution in [3.63, 3.8) is 0 Å². The highest BCUT2D eigenvalue weighted by molar-refractivity contribution is 5.20. The number of hydrogen-bond acceptors (Lipinski definition) is 2. The Morgan fingerprint density at radius 1 is 1.11 bits per heavy atom. The van der Waals surface area contributed by atoms with Gasteiger partial charge < -0.3 is 5.32 Å². The van der Waals surface area contributed by atoms with E-state index in [1.807, 2.05) is 0 Å². The van der Waals surface area contributed by atoms with Crippen molar-refractivity contribution < 1.29 is 0 Å². The zero-order valence-corrected chi connectivity index (χ0v) is 12.4. The number of nitrogens with zero attached hydrogens (tertiary/aromatic N) is 1. The molecule has 1 fully saturated rings. The maximum Gasteiger partial charge on any atom is 0.0475 e. The van der Waals surface area contributed by atoms with E-state index in [2.05, 4.69) is 54.4 Å². The molecule has 1 aliphatic rings. The van der Waals surface area contributed by atoms with Crippen LogP contribution in [-0.4, -0.2) is 30.6 Å². The first-order valence-corrected chi connectivity index (χ1v) is 7.85. The number of nitrogens with one attached hydrogen (secondary N) is 1. The highest BCUT2D eigenvalue weighted by Crippen LogP contribution is 2.23. The van der Waals surface area contributed by atoms with Gasteiger partial charge >= 0.3 is 0 Å².